The number of rotatable bonds is 22. The monoisotopic (exact) mass is 634 g/mol. The Morgan fingerprint density at radius 1 is 0.721 bits per heavy atom. The number of amides is 2. The summed E-state index contributed by atoms with van der Waals surface area (Å²) >= 11 is 0. The highest BCUT2D eigenvalue weighted by Crippen LogP contribution is 2.06. The average Bonchev–Trinajstić information content (AvgIpc) is 2.92. The fourth-order valence-electron chi connectivity index (χ4n) is 2.81. The summed E-state index contributed by atoms with van der Waals surface area (Å²) in [6.45, 7) is 8.90. The van der Waals surface area contributed by atoms with Crippen molar-refractivity contribution in [1.82, 2.24) is 10.6 Å². The highest BCUT2D eigenvalue weighted by molar-refractivity contribution is 5.92. The molecular weight excluding hydrogens is 592 g/mol. The molecule has 0 bridgehead atoms. The Balaban J connectivity index is -0.000000727. The topological polar surface area (TPSA) is 263 Å². The summed E-state index contributed by atoms with van der Waals surface area (Å²) in [5.74, 6) is -3.36. The molecule has 0 heterocycles. The van der Waals surface area contributed by atoms with Crippen molar-refractivity contribution >= 4 is 47.5 Å². The van der Waals surface area contributed by atoms with E-state index in [2.05, 4.69) is 30.7 Å². The fraction of sp³-hybridized carbons (Fsp3) is 0.760. The third-order valence-corrected chi connectivity index (χ3v) is 5.60. The summed E-state index contributed by atoms with van der Waals surface area (Å²) in [7, 11) is 0. The van der Waals surface area contributed by atoms with Gasteiger partial charge >= 0.3 is 5.97 Å². The maximum absolute atomic E-state index is 11.8. The van der Waals surface area contributed by atoms with Gasteiger partial charge in [-0.15, -0.1) is 12.4 Å². The number of carboxylic acid groups (broad SMARTS) is 1. The van der Waals surface area contributed by atoms with Crippen LogP contribution in [0.4, 0.5) is 0 Å². The van der Waals surface area contributed by atoms with E-state index in [1.807, 2.05) is 0 Å². The number of Topliss-reactive ketones (excluding diaryl/α,β-unsaturated/α-hetero) is 3. The first kappa shape index (κ1) is 43.7. The molecule has 0 spiro atoms. The minimum atomic E-state index is -1.05. The van der Waals surface area contributed by atoms with E-state index in [9.17, 15) is 28.8 Å². The van der Waals surface area contributed by atoms with E-state index >= 15 is 0 Å². The first-order valence-electron chi connectivity index (χ1n) is 13.3. The lowest BCUT2D eigenvalue weighted by atomic mass is 9.98. The molecule has 244 valence electrons. The molecule has 0 saturated carbocycles. The van der Waals surface area contributed by atoms with Gasteiger partial charge in [-0.2, -0.15) is 0 Å². The van der Waals surface area contributed by atoms with Gasteiger partial charge in [-0.05, 0) is 31.8 Å². The smallest absolute Gasteiger partial charge is 0.306 e. The summed E-state index contributed by atoms with van der Waals surface area (Å²) in [4.78, 5) is 73.4. The number of aliphatic carboxylic acids is 1. The molecule has 0 saturated heterocycles. The Labute approximate surface area is 256 Å². The summed E-state index contributed by atoms with van der Waals surface area (Å²) < 4.78 is 10.1. The molecule has 43 heavy (non-hydrogen) atoms. The Bertz CT molecular complexity index is 923. The van der Waals surface area contributed by atoms with Crippen molar-refractivity contribution in [2.75, 3.05) is 39.5 Å². The van der Waals surface area contributed by atoms with Crippen LogP contribution in [0, 0.1) is 11.8 Å². The van der Waals surface area contributed by atoms with Crippen LogP contribution >= 0.6 is 12.4 Å². The Kier molecular flexibility index (Phi) is 27.5. The molecule has 0 aliphatic carbocycles. The molecule has 0 fully saturated rings. The standard InChI is InChI=1S/C13H22N4O4.C12H20N4O5.ClH/c1-9(11(3)18)8-12(19)10(2)16-13(20)4-6-21-7-5-15-17-14;1-8(12(19)20)7-10(17)9(2)15-11(18)3-5-21-6-4-14-16-13;/h9-10H,4-8H2,1-3H3,(H,16,20);8-9H,3-7H2,1-2H3,(H,15,18)(H,19,20);1H. The van der Waals surface area contributed by atoms with Crippen LogP contribution in [0.2, 0.25) is 0 Å². The average molecular weight is 635 g/mol. The molecule has 0 aliphatic rings. The highest BCUT2D eigenvalue weighted by atomic mass is 35.5. The number of carbonyl (C=O) groups excluding carboxylic acids is 5. The first-order valence-corrected chi connectivity index (χ1v) is 13.3. The van der Waals surface area contributed by atoms with Crippen molar-refractivity contribution in [1.29, 1.82) is 0 Å². The second-order valence-electron chi connectivity index (χ2n) is 9.30. The Hall–Kier alpha value is -3.75. The van der Waals surface area contributed by atoms with Crippen molar-refractivity contribution in [3.63, 3.8) is 0 Å². The van der Waals surface area contributed by atoms with Crippen LogP contribution < -0.4 is 10.6 Å². The number of carboxylic acids is 1. The number of halogens is 1. The Morgan fingerprint density at radius 3 is 1.42 bits per heavy atom. The summed E-state index contributed by atoms with van der Waals surface area (Å²) in [6.07, 6.45) is 0.192. The molecular formula is C25H43ClN8O9. The van der Waals surface area contributed by atoms with Gasteiger partial charge in [0.2, 0.25) is 11.8 Å². The van der Waals surface area contributed by atoms with Crippen LogP contribution in [0.25, 0.3) is 20.9 Å². The van der Waals surface area contributed by atoms with Crippen LogP contribution in [-0.4, -0.2) is 91.8 Å². The zero-order valence-electron chi connectivity index (χ0n) is 25.2. The maximum atomic E-state index is 11.8. The van der Waals surface area contributed by atoms with Gasteiger partial charge in [0, 0.05) is 54.5 Å². The number of ketones is 3. The minimum absolute atomic E-state index is 0. The molecule has 0 aromatic heterocycles. The lowest BCUT2D eigenvalue weighted by molar-refractivity contribution is -0.143. The molecule has 2 amide bonds. The van der Waals surface area contributed by atoms with Gasteiger partial charge in [0.25, 0.3) is 0 Å². The van der Waals surface area contributed by atoms with E-state index < -0.39 is 24.0 Å². The first-order chi connectivity index (χ1) is 19.8. The number of hydrogen-bond donors (Lipinski definition) is 3. The van der Waals surface area contributed by atoms with Gasteiger partial charge in [0.1, 0.15) is 5.78 Å². The fourth-order valence-corrected chi connectivity index (χ4v) is 2.81. The van der Waals surface area contributed by atoms with Crippen LogP contribution in [0.1, 0.15) is 60.3 Å². The lowest BCUT2D eigenvalue weighted by Crippen LogP contribution is -2.39. The zero-order valence-corrected chi connectivity index (χ0v) is 26.0. The number of ether oxygens (including phenoxy) is 2. The van der Waals surface area contributed by atoms with Crippen molar-refractivity contribution in [2.24, 2.45) is 22.1 Å². The maximum Gasteiger partial charge on any atom is 0.306 e. The Morgan fingerprint density at radius 2 is 1.09 bits per heavy atom. The van der Waals surface area contributed by atoms with Crippen LogP contribution in [-0.2, 0) is 38.2 Å². The van der Waals surface area contributed by atoms with Crippen LogP contribution in [0.5, 0.6) is 0 Å². The molecule has 0 aliphatic heterocycles. The summed E-state index contributed by atoms with van der Waals surface area (Å²) in [5.41, 5.74) is 16.1. The van der Waals surface area contributed by atoms with E-state index in [0.717, 1.165) is 0 Å². The van der Waals surface area contributed by atoms with Gasteiger partial charge in [-0.3, -0.25) is 28.8 Å². The quantitative estimate of drug-likeness (QED) is 0.0682. The van der Waals surface area contributed by atoms with Crippen LogP contribution in [0.3, 0.4) is 0 Å². The molecule has 0 radical (unpaired) electrons. The number of nitrogens with zero attached hydrogens (tertiary/aromatic N) is 6. The van der Waals surface area contributed by atoms with E-state index in [-0.39, 0.29) is 113 Å². The minimum Gasteiger partial charge on any atom is -0.481 e. The molecule has 0 aromatic rings. The largest absolute Gasteiger partial charge is 0.481 e. The SMILES string of the molecule is CC(=O)C(C)CC(=O)C(C)NC(=O)CCOCCN=[N+]=[N-].CC(CC(=O)C(C)NC(=O)CCOCCN=[N+]=[N-])C(=O)O.Cl. The van der Waals surface area contributed by atoms with Gasteiger partial charge in [0.15, 0.2) is 11.6 Å². The van der Waals surface area contributed by atoms with Crippen molar-refractivity contribution in [3.05, 3.63) is 20.9 Å². The highest BCUT2D eigenvalue weighted by Gasteiger charge is 2.22. The molecule has 0 rings (SSSR count). The van der Waals surface area contributed by atoms with Gasteiger partial charge in [0.05, 0.1) is 44.4 Å². The molecule has 4 atom stereocenters. The second kappa shape index (κ2) is 27.1. The lowest BCUT2D eigenvalue weighted by Gasteiger charge is -2.14. The van der Waals surface area contributed by atoms with Crippen molar-refractivity contribution < 1.29 is 43.3 Å². The van der Waals surface area contributed by atoms with Gasteiger partial charge in [-0.1, -0.05) is 24.1 Å². The van der Waals surface area contributed by atoms with E-state index in [1.54, 1.807) is 13.8 Å². The summed E-state index contributed by atoms with van der Waals surface area (Å²) in [5, 5.41) is 20.3. The van der Waals surface area contributed by atoms with E-state index in [1.165, 1.54) is 20.8 Å². The van der Waals surface area contributed by atoms with Gasteiger partial charge < -0.3 is 25.2 Å². The predicted molar refractivity (Wildman–Crippen MR) is 157 cm³/mol. The second-order valence-corrected chi connectivity index (χ2v) is 9.30. The number of nitrogens with one attached hydrogen (secondary N) is 2. The molecule has 3 N–H and O–H groups in total. The summed E-state index contributed by atoms with van der Waals surface area (Å²) in [6, 6.07) is -1.36. The molecule has 4 unspecified atom stereocenters. The van der Waals surface area contributed by atoms with Crippen molar-refractivity contribution in [2.45, 2.75) is 72.4 Å². The molecule has 0 aromatic carbocycles. The van der Waals surface area contributed by atoms with Crippen molar-refractivity contribution in [3.8, 4) is 0 Å². The third kappa shape index (κ3) is 25.7. The zero-order chi connectivity index (χ0) is 32.5. The number of azide groups is 2. The van der Waals surface area contributed by atoms with Crippen LogP contribution in [0.15, 0.2) is 10.2 Å². The third-order valence-electron chi connectivity index (χ3n) is 5.60. The van der Waals surface area contributed by atoms with Gasteiger partial charge in [-0.25, -0.2) is 0 Å². The normalized spacial score (nSPS) is 12.6. The molecule has 17 nitrogen and oxygen atoms in total. The number of hydrogen-bond acceptors (Lipinski definition) is 10. The number of carbonyl (C=O) groups is 6. The molecule has 18 heteroatoms. The van der Waals surface area contributed by atoms with E-state index in [0.29, 0.717) is 0 Å². The predicted octanol–water partition coefficient (Wildman–Crippen LogP) is 2.70. The van der Waals surface area contributed by atoms with E-state index in [4.69, 9.17) is 25.6 Å².